The molecule has 0 saturated heterocycles. The Balaban J connectivity index is 1.56. The SMILES string of the molecule is Cc1cc(OCc2sc(-c3ccc(C(F)(F)F)cc3)nc2C)c2nc(CC(=O)O)sc2c1. The second-order valence-corrected chi connectivity index (χ2v) is 9.38. The van der Waals surface area contributed by atoms with E-state index in [0.717, 1.165) is 33.0 Å². The predicted octanol–water partition coefficient (Wildman–Crippen LogP) is 6.26. The topological polar surface area (TPSA) is 72.3 Å². The molecular formula is C22H17F3N2O3S2. The van der Waals surface area contributed by atoms with Crippen molar-refractivity contribution in [3.05, 3.63) is 63.1 Å². The molecule has 0 aliphatic heterocycles. The molecule has 0 aliphatic carbocycles. The largest absolute Gasteiger partial charge is 0.486 e. The second-order valence-electron chi connectivity index (χ2n) is 7.18. The number of hydrogen-bond donors (Lipinski definition) is 1. The Hall–Kier alpha value is -2.98. The number of halogens is 3. The third kappa shape index (κ3) is 4.76. The number of ether oxygens (including phenoxy) is 1. The number of nitrogens with zero attached hydrogens (tertiary/aromatic N) is 2. The molecule has 0 amide bonds. The lowest BCUT2D eigenvalue weighted by Crippen LogP contribution is -2.03. The van der Waals surface area contributed by atoms with Crippen molar-refractivity contribution in [3.8, 4) is 16.3 Å². The number of aliphatic carboxylic acids is 1. The molecule has 0 atom stereocenters. The molecule has 32 heavy (non-hydrogen) atoms. The fourth-order valence-corrected chi connectivity index (χ4v) is 5.18. The van der Waals surface area contributed by atoms with Gasteiger partial charge in [0, 0.05) is 5.56 Å². The third-order valence-electron chi connectivity index (χ3n) is 4.66. The van der Waals surface area contributed by atoms with E-state index < -0.39 is 17.7 Å². The number of benzene rings is 2. The summed E-state index contributed by atoms with van der Waals surface area (Å²) in [5.74, 6) is -0.393. The molecule has 4 rings (SSSR count). The van der Waals surface area contributed by atoms with Gasteiger partial charge in [0.2, 0.25) is 0 Å². The van der Waals surface area contributed by atoms with Crippen LogP contribution in [0.2, 0.25) is 0 Å². The first-order valence-corrected chi connectivity index (χ1v) is 11.1. The lowest BCUT2D eigenvalue weighted by atomic mass is 10.1. The molecule has 2 aromatic heterocycles. The number of carboxylic acids is 1. The van der Waals surface area contributed by atoms with Crippen LogP contribution in [0, 0.1) is 13.8 Å². The number of carbonyl (C=O) groups is 1. The molecule has 1 N–H and O–H groups in total. The molecule has 0 unspecified atom stereocenters. The number of fused-ring (bicyclic) bond motifs is 1. The van der Waals surface area contributed by atoms with Crippen LogP contribution >= 0.6 is 22.7 Å². The zero-order valence-electron chi connectivity index (χ0n) is 17.0. The minimum atomic E-state index is -4.38. The van der Waals surface area contributed by atoms with Crippen molar-refractivity contribution >= 4 is 38.9 Å². The van der Waals surface area contributed by atoms with Crippen LogP contribution in [-0.4, -0.2) is 21.0 Å². The van der Waals surface area contributed by atoms with E-state index >= 15 is 0 Å². The molecule has 166 valence electrons. The van der Waals surface area contributed by atoms with Gasteiger partial charge in [-0.15, -0.1) is 22.7 Å². The molecule has 2 heterocycles. The molecule has 5 nitrogen and oxygen atoms in total. The Bertz CT molecular complexity index is 1290. The molecule has 4 aromatic rings. The van der Waals surface area contributed by atoms with E-state index in [1.807, 2.05) is 26.0 Å². The zero-order valence-corrected chi connectivity index (χ0v) is 18.6. The number of carboxylic acid groups (broad SMARTS) is 1. The van der Waals surface area contributed by atoms with Crippen LogP contribution < -0.4 is 4.74 Å². The van der Waals surface area contributed by atoms with Crippen LogP contribution in [0.5, 0.6) is 5.75 Å². The van der Waals surface area contributed by atoms with E-state index in [1.165, 1.54) is 34.8 Å². The number of rotatable bonds is 6. The lowest BCUT2D eigenvalue weighted by molar-refractivity contribution is -0.138. The van der Waals surface area contributed by atoms with Crippen LogP contribution in [0.15, 0.2) is 36.4 Å². The molecule has 0 radical (unpaired) electrons. The monoisotopic (exact) mass is 478 g/mol. The Morgan fingerprint density at radius 1 is 1.09 bits per heavy atom. The minimum absolute atomic E-state index is 0.151. The van der Waals surface area contributed by atoms with Crippen molar-refractivity contribution in [2.24, 2.45) is 0 Å². The summed E-state index contributed by atoms with van der Waals surface area (Å²) in [6.07, 6.45) is -4.53. The number of aryl methyl sites for hydroxylation is 2. The average molecular weight is 479 g/mol. The number of thiazole rings is 2. The molecule has 0 spiro atoms. The van der Waals surface area contributed by atoms with E-state index in [2.05, 4.69) is 9.97 Å². The van der Waals surface area contributed by atoms with E-state index in [-0.39, 0.29) is 13.0 Å². The van der Waals surface area contributed by atoms with Gasteiger partial charge in [0.25, 0.3) is 0 Å². The van der Waals surface area contributed by atoms with E-state index in [4.69, 9.17) is 9.84 Å². The van der Waals surface area contributed by atoms with Crippen LogP contribution in [0.4, 0.5) is 13.2 Å². The lowest BCUT2D eigenvalue weighted by Gasteiger charge is -2.07. The summed E-state index contributed by atoms with van der Waals surface area (Å²) in [7, 11) is 0. The minimum Gasteiger partial charge on any atom is -0.486 e. The van der Waals surface area contributed by atoms with Crippen molar-refractivity contribution in [2.75, 3.05) is 0 Å². The van der Waals surface area contributed by atoms with Crippen LogP contribution in [0.1, 0.15) is 26.7 Å². The molecule has 0 fully saturated rings. The summed E-state index contributed by atoms with van der Waals surface area (Å²) in [5, 5.41) is 10.1. The normalized spacial score (nSPS) is 11.8. The van der Waals surface area contributed by atoms with Gasteiger partial charge < -0.3 is 9.84 Å². The first-order chi connectivity index (χ1) is 15.1. The van der Waals surface area contributed by atoms with Gasteiger partial charge in [-0.3, -0.25) is 4.79 Å². The number of hydrogen-bond acceptors (Lipinski definition) is 6. The van der Waals surface area contributed by atoms with Gasteiger partial charge in [-0.2, -0.15) is 13.2 Å². The maximum atomic E-state index is 12.8. The highest BCUT2D eigenvalue weighted by atomic mass is 32.1. The summed E-state index contributed by atoms with van der Waals surface area (Å²) in [4.78, 5) is 20.7. The van der Waals surface area contributed by atoms with Crippen LogP contribution in [0.25, 0.3) is 20.8 Å². The molecule has 10 heteroatoms. The smallest absolute Gasteiger partial charge is 0.416 e. The van der Waals surface area contributed by atoms with E-state index in [0.29, 0.717) is 26.8 Å². The predicted molar refractivity (Wildman–Crippen MR) is 117 cm³/mol. The summed E-state index contributed by atoms with van der Waals surface area (Å²) in [6.45, 7) is 3.96. The number of aromatic nitrogens is 2. The summed E-state index contributed by atoms with van der Waals surface area (Å²) in [6, 6.07) is 8.70. The average Bonchev–Trinajstić information content (AvgIpc) is 3.27. The summed E-state index contributed by atoms with van der Waals surface area (Å²) < 4.78 is 45.2. The quantitative estimate of drug-likeness (QED) is 0.354. The summed E-state index contributed by atoms with van der Waals surface area (Å²) in [5.41, 5.74) is 2.21. The summed E-state index contributed by atoms with van der Waals surface area (Å²) >= 11 is 2.68. The highest BCUT2D eigenvalue weighted by molar-refractivity contribution is 7.18. The van der Waals surface area contributed by atoms with E-state index in [9.17, 15) is 18.0 Å². The fraction of sp³-hybridized carbons (Fsp3) is 0.227. The van der Waals surface area contributed by atoms with Crippen molar-refractivity contribution < 1.29 is 27.8 Å². The standard InChI is InChI=1S/C22H17F3N2O3S2/c1-11-7-15(20-16(8-11)31-18(27-20)9-19(28)29)30-10-17-12(2)26-21(32-17)13-3-5-14(6-4-13)22(23,24)25/h3-8H,9-10H2,1-2H3,(H,28,29). The maximum absolute atomic E-state index is 12.8. The van der Waals surface area contributed by atoms with Gasteiger partial charge in [-0.1, -0.05) is 12.1 Å². The van der Waals surface area contributed by atoms with Crippen molar-refractivity contribution in [1.82, 2.24) is 9.97 Å². The molecule has 2 aromatic carbocycles. The highest BCUT2D eigenvalue weighted by Crippen LogP contribution is 2.35. The molecule has 0 bridgehead atoms. The van der Waals surface area contributed by atoms with Gasteiger partial charge in [0.15, 0.2) is 0 Å². The molecule has 0 saturated carbocycles. The van der Waals surface area contributed by atoms with Gasteiger partial charge in [0.1, 0.15) is 27.9 Å². The Morgan fingerprint density at radius 3 is 2.47 bits per heavy atom. The van der Waals surface area contributed by atoms with Crippen LogP contribution in [0.3, 0.4) is 0 Å². The Kier molecular flexibility index (Phi) is 5.91. The van der Waals surface area contributed by atoms with E-state index in [1.54, 1.807) is 0 Å². The molecular weight excluding hydrogens is 461 g/mol. The first kappa shape index (κ1) is 22.2. The second kappa shape index (κ2) is 8.51. The first-order valence-electron chi connectivity index (χ1n) is 9.49. The van der Waals surface area contributed by atoms with Crippen molar-refractivity contribution in [2.45, 2.75) is 33.1 Å². The third-order valence-corrected chi connectivity index (χ3v) is 6.84. The van der Waals surface area contributed by atoms with Crippen molar-refractivity contribution in [1.29, 1.82) is 0 Å². The molecule has 0 aliphatic rings. The van der Waals surface area contributed by atoms with Gasteiger partial charge >= 0.3 is 12.1 Å². The Labute approximate surface area is 189 Å². The van der Waals surface area contributed by atoms with Gasteiger partial charge in [0.05, 0.1) is 27.3 Å². The van der Waals surface area contributed by atoms with Crippen LogP contribution in [-0.2, 0) is 24.0 Å². The van der Waals surface area contributed by atoms with Crippen molar-refractivity contribution in [3.63, 3.8) is 0 Å². The maximum Gasteiger partial charge on any atom is 0.416 e. The Morgan fingerprint density at radius 2 is 1.81 bits per heavy atom. The fourth-order valence-electron chi connectivity index (χ4n) is 3.12. The number of alkyl halides is 3. The van der Waals surface area contributed by atoms with Gasteiger partial charge in [-0.05, 0) is 43.7 Å². The highest BCUT2D eigenvalue weighted by Gasteiger charge is 2.30. The zero-order chi connectivity index (χ0) is 23.0. The van der Waals surface area contributed by atoms with Gasteiger partial charge in [-0.25, -0.2) is 9.97 Å².